The molecule has 0 aromatic heterocycles. The number of hydrogen-bond acceptors (Lipinski definition) is 4. The van der Waals surface area contributed by atoms with Crippen LogP contribution in [0.25, 0.3) is 0 Å². The highest BCUT2D eigenvalue weighted by Gasteiger charge is 2.24. The highest BCUT2D eigenvalue weighted by atomic mass is 16.6. The van der Waals surface area contributed by atoms with Gasteiger partial charge in [-0.05, 0) is 0 Å². The van der Waals surface area contributed by atoms with Crippen molar-refractivity contribution in [2.45, 2.75) is 19.4 Å². The molecule has 66 valence electrons. The monoisotopic (exact) mass is 170 g/mol. The van der Waals surface area contributed by atoms with E-state index in [1.165, 1.54) is 6.92 Å². The summed E-state index contributed by atoms with van der Waals surface area (Å²) in [5.74, 6) is -0.804. The summed E-state index contributed by atoms with van der Waals surface area (Å²) in [6, 6.07) is 0. The predicted octanol–water partition coefficient (Wildman–Crippen LogP) is 0.421. The molecular formula is C8H10O4. The van der Waals surface area contributed by atoms with Gasteiger partial charge in [0.2, 0.25) is 5.78 Å². The van der Waals surface area contributed by atoms with Crippen molar-refractivity contribution in [1.82, 2.24) is 0 Å². The Morgan fingerprint density at radius 2 is 2.33 bits per heavy atom. The van der Waals surface area contributed by atoms with Gasteiger partial charge in [-0.25, -0.2) is 4.79 Å². The first-order valence-corrected chi connectivity index (χ1v) is 3.61. The van der Waals surface area contributed by atoms with Gasteiger partial charge >= 0.3 is 5.97 Å². The molecule has 0 amide bonds. The number of carbonyl (C=O) groups excluding carboxylic acids is 2. The first kappa shape index (κ1) is 8.77. The number of carbonyl (C=O) groups is 2. The number of rotatable bonds is 2. The Morgan fingerprint density at radius 3 is 2.75 bits per heavy atom. The Hall–Kier alpha value is -1.32. The van der Waals surface area contributed by atoms with E-state index in [1.807, 2.05) is 0 Å². The van der Waals surface area contributed by atoms with Gasteiger partial charge in [-0.1, -0.05) is 6.58 Å². The second kappa shape index (κ2) is 3.38. The lowest BCUT2D eigenvalue weighted by Crippen LogP contribution is -2.22. The van der Waals surface area contributed by atoms with Crippen molar-refractivity contribution in [2.24, 2.45) is 0 Å². The van der Waals surface area contributed by atoms with Crippen molar-refractivity contribution in [3.63, 3.8) is 0 Å². The quantitative estimate of drug-likeness (QED) is 0.445. The summed E-state index contributed by atoms with van der Waals surface area (Å²) in [6.07, 6.45) is 0.146. The Labute approximate surface area is 70.1 Å². The molecule has 1 aliphatic rings. The SMILES string of the molecule is C=C1CC(OC(=O)C(C)=O)CO1. The van der Waals surface area contributed by atoms with Crippen LogP contribution in [-0.2, 0) is 19.1 Å². The van der Waals surface area contributed by atoms with Crippen LogP contribution in [0.15, 0.2) is 12.3 Å². The van der Waals surface area contributed by atoms with E-state index in [1.54, 1.807) is 0 Å². The number of esters is 1. The molecule has 12 heavy (non-hydrogen) atoms. The molecule has 1 fully saturated rings. The van der Waals surface area contributed by atoms with E-state index in [2.05, 4.69) is 6.58 Å². The summed E-state index contributed by atoms with van der Waals surface area (Å²) in [4.78, 5) is 21.2. The van der Waals surface area contributed by atoms with E-state index >= 15 is 0 Å². The summed E-state index contributed by atoms with van der Waals surface area (Å²) < 4.78 is 9.73. The van der Waals surface area contributed by atoms with Gasteiger partial charge in [-0.2, -0.15) is 0 Å². The molecule has 0 radical (unpaired) electrons. The third-order valence-corrected chi connectivity index (χ3v) is 1.49. The molecule has 4 heteroatoms. The molecule has 0 bridgehead atoms. The van der Waals surface area contributed by atoms with Crippen LogP contribution in [0.2, 0.25) is 0 Å². The molecule has 0 saturated carbocycles. The van der Waals surface area contributed by atoms with Crippen molar-refractivity contribution in [2.75, 3.05) is 6.61 Å². The van der Waals surface area contributed by atoms with Gasteiger partial charge in [-0.15, -0.1) is 0 Å². The Bertz CT molecular complexity index is 231. The number of ether oxygens (including phenoxy) is 2. The third-order valence-electron chi connectivity index (χ3n) is 1.49. The molecule has 1 atom stereocenters. The molecule has 0 spiro atoms. The third kappa shape index (κ3) is 2.08. The highest BCUT2D eigenvalue weighted by Crippen LogP contribution is 2.17. The first-order valence-electron chi connectivity index (χ1n) is 3.61. The molecule has 4 nitrogen and oxygen atoms in total. The molecule has 1 unspecified atom stereocenters. The fraction of sp³-hybridized carbons (Fsp3) is 0.500. The van der Waals surface area contributed by atoms with Crippen molar-refractivity contribution in [1.29, 1.82) is 0 Å². The summed E-state index contributed by atoms with van der Waals surface area (Å²) in [7, 11) is 0. The lowest BCUT2D eigenvalue weighted by atomic mass is 10.3. The number of Topliss-reactive ketones (excluding diaryl/α,β-unsaturated/α-hetero) is 1. The second-order valence-corrected chi connectivity index (χ2v) is 2.64. The molecular weight excluding hydrogens is 160 g/mol. The Morgan fingerprint density at radius 1 is 1.67 bits per heavy atom. The average molecular weight is 170 g/mol. The summed E-state index contributed by atoms with van der Waals surface area (Å²) in [5, 5.41) is 0. The summed E-state index contributed by atoms with van der Waals surface area (Å²) in [5.41, 5.74) is 0. The van der Waals surface area contributed by atoms with E-state index in [4.69, 9.17) is 9.47 Å². The molecule has 1 aliphatic heterocycles. The standard InChI is InChI=1S/C8H10O4/c1-5-3-7(4-11-5)12-8(10)6(2)9/h7H,1,3-4H2,2H3. The van der Waals surface area contributed by atoms with Gasteiger partial charge < -0.3 is 9.47 Å². The lowest BCUT2D eigenvalue weighted by molar-refractivity contribution is -0.157. The van der Waals surface area contributed by atoms with E-state index < -0.39 is 11.8 Å². The van der Waals surface area contributed by atoms with Gasteiger partial charge in [-0.3, -0.25) is 4.79 Å². The van der Waals surface area contributed by atoms with Crippen molar-refractivity contribution < 1.29 is 19.1 Å². The highest BCUT2D eigenvalue weighted by molar-refractivity contribution is 6.32. The molecule has 1 heterocycles. The Balaban J connectivity index is 2.37. The van der Waals surface area contributed by atoms with Crippen LogP contribution in [0.5, 0.6) is 0 Å². The van der Waals surface area contributed by atoms with Crippen LogP contribution >= 0.6 is 0 Å². The maximum atomic E-state index is 10.7. The molecule has 0 aromatic rings. The minimum Gasteiger partial charge on any atom is -0.495 e. The van der Waals surface area contributed by atoms with E-state index in [-0.39, 0.29) is 6.10 Å². The molecule has 1 saturated heterocycles. The van der Waals surface area contributed by atoms with Crippen LogP contribution < -0.4 is 0 Å². The van der Waals surface area contributed by atoms with E-state index in [0.717, 1.165) is 0 Å². The zero-order chi connectivity index (χ0) is 9.14. The summed E-state index contributed by atoms with van der Waals surface area (Å²) >= 11 is 0. The number of hydrogen-bond donors (Lipinski definition) is 0. The smallest absolute Gasteiger partial charge is 0.374 e. The largest absolute Gasteiger partial charge is 0.495 e. The minimum absolute atomic E-state index is 0.303. The lowest BCUT2D eigenvalue weighted by Gasteiger charge is -2.06. The fourth-order valence-electron chi connectivity index (χ4n) is 0.893. The van der Waals surface area contributed by atoms with Gasteiger partial charge in [0.1, 0.15) is 12.7 Å². The zero-order valence-electron chi connectivity index (χ0n) is 6.83. The molecule has 0 aliphatic carbocycles. The number of ketones is 1. The molecule has 1 rings (SSSR count). The van der Waals surface area contributed by atoms with Gasteiger partial charge in [0.15, 0.2) is 0 Å². The minimum atomic E-state index is -0.807. The van der Waals surface area contributed by atoms with E-state index in [9.17, 15) is 9.59 Å². The first-order chi connectivity index (χ1) is 5.59. The van der Waals surface area contributed by atoms with Crippen molar-refractivity contribution in [3.05, 3.63) is 12.3 Å². The van der Waals surface area contributed by atoms with Crippen LogP contribution in [-0.4, -0.2) is 24.5 Å². The maximum absolute atomic E-state index is 10.7. The van der Waals surface area contributed by atoms with Gasteiger partial charge in [0.25, 0.3) is 0 Å². The van der Waals surface area contributed by atoms with Gasteiger partial charge in [0, 0.05) is 13.3 Å². The van der Waals surface area contributed by atoms with Crippen LogP contribution in [0.1, 0.15) is 13.3 Å². The Kier molecular flexibility index (Phi) is 2.47. The van der Waals surface area contributed by atoms with E-state index in [0.29, 0.717) is 18.8 Å². The molecule has 0 aromatic carbocycles. The van der Waals surface area contributed by atoms with Crippen LogP contribution in [0.3, 0.4) is 0 Å². The van der Waals surface area contributed by atoms with Gasteiger partial charge in [0.05, 0.1) is 5.76 Å². The topological polar surface area (TPSA) is 52.6 Å². The predicted molar refractivity (Wildman–Crippen MR) is 40.3 cm³/mol. The fourth-order valence-corrected chi connectivity index (χ4v) is 0.893. The molecule has 0 N–H and O–H groups in total. The average Bonchev–Trinajstić information content (AvgIpc) is 2.35. The normalized spacial score (nSPS) is 21.8. The summed E-state index contributed by atoms with van der Waals surface area (Å²) in [6.45, 7) is 5.04. The van der Waals surface area contributed by atoms with Crippen molar-refractivity contribution in [3.8, 4) is 0 Å². The van der Waals surface area contributed by atoms with Crippen LogP contribution in [0.4, 0.5) is 0 Å². The maximum Gasteiger partial charge on any atom is 0.374 e. The second-order valence-electron chi connectivity index (χ2n) is 2.64. The zero-order valence-corrected chi connectivity index (χ0v) is 6.83. The van der Waals surface area contributed by atoms with Crippen molar-refractivity contribution >= 4 is 11.8 Å². The van der Waals surface area contributed by atoms with Crippen LogP contribution in [0, 0.1) is 0 Å².